The molecule has 1 atom stereocenters. The van der Waals surface area contributed by atoms with Gasteiger partial charge in [0.2, 0.25) is 5.91 Å². The fourth-order valence-corrected chi connectivity index (χ4v) is 3.82. The standard InChI is InChI=1S/C18H24FNO2/c1-18(2)10-13(11-18)9-17(21)20-7-8-22-16(12-20)14-5-3-4-6-15(14)19/h3-6,13,16H,7-12H2,1-2H3. The summed E-state index contributed by atoms with van der Waals surface area (Å²) in [5, 5.41) is 0. The van der Waals surface area contributed by atoms with Crippen molar-refractivity contribution in [1.82, 2.24) is 4.90 Å². The molecule has 1 saturated carbocycles. The molecule has 0 N–H and O–H groups in total. The van der Waals surface area contributed by atoms with Crippen molar-refractivity contribution < 1.29 is 13.9 Å². The zero-order valence-corrected chi connectivity index (χ0v) is 13.3. The Morgan fingerprint density at radius 1 is 1.36 bits per heavy atom. The first-order valence-corrected chi connectivity index (χ1v) is 8.08. The van der Waals surface area contributed by atoms with E-state index in [9.17, 15) is 9.18 Å². The van der Waals surface area contributed by atoms with Crippen LogP contribution in [0.4, 0.5) is 4.39 Å². The van der Waals surface area contributed by atoms with E-state index in [1.165, 1.54) is 6.07 Å². The fraction of sp³-hybridized carbons (Fsp3) is 0.611. The molecule has 1 aliphatic carbocycles. The number of morpholine rings is 1. The van der Waals surface area contributed by atoms with E-state index >= 15 is 0 Å². The number of amides is 1. The normalized spacial score (nSPS) is 24.9. The topological polar surface area (TPSA) is 29.5 Å². The quantitative estimate of drug-likeness (QED) is 0.854. The van der Waals surface area contributed by atoms with Gasteiger partial charge in [0.15, 0.2) is 0 Å². The Morgan fingerprint density at radius 2 is 2.09 bits per heavy atom. The zero-order chi connectivity index (χ0) is 15.7. The monoisotopic (exact) mass is 305 g/mol. The number of hydrogen-bond donors (Lipinski definition) is 0. The van der Waals surface area contributed by atoms with Crippen LogP contribution in [0, 0.1) is 17.2 Å². The molecule has 0 spiro atoms. The molecule has 0 bridgehead atoms. The predicted molar refractivity (Wildman–Crippen MR) is 82.8 cm³/mol. The van der Waals surface area contributed by atoms with Crippen LogP contribution in [0.2, 0.25) is 0 Å². The van der Waals surface area contributed by atoms with Crippen molar-refractivity contribution in [3.05, 3.63) is 35.6 Å². The average molecular weight is 305 g/mol. The van der Waals surface area contributed by atoms with Crippen LogP contribution in [0.25, 0.3) is 0 Å². The van der Waals surface area contributed by atoms with Gasteiger partial charge in [-0.2, -0.15) is 0 Å². The van der Waals surface area contributed by atoms with Crippen LogP contribution in [0.3, 0.4) is 0 Å². The minimum Gasteiger partial charge on any atom is -0.370 e. The summed E-state index contributed by atoms with van der Waals surface area (Å²) >= 11 is 0. The summed E-state index contributed by atoms with van der Waals surface area (Å²) in [5.74, 6) is 0.435. The maximum atomic E-state index is 13.9. The van der Waals surface area contributed by atoms with Crippen molar-refractivity contribution in [2.24, 2.45) is 11.3 Å². The highest BCUT2D eigenvalue weighted by Crippen LogP contribution is 2.46. The molecule has 3 rings (SSSR count). The van der Waals surface area contributed by atoms with Crippen molar-refractivity contribution in [2.45, 2.75) is 39.2 Å². The van der Waals surface area contributed by atoms with Crippen LogP contribution < -0.4 is 0 Å². The Balaban J connectivity index is 1.59. The van der Waals surface area contributed by atoms with Gasteiger partial charge >= 0.3 is 0 Å². The molecule has 2 aliphatic rings. The predicted octanol–water partition coefficient (Wildman–Crippen LogP) is 3.55. The highest BCUT2D eigenvalue weighted by Gasteiger charge is 2.38. The van der Waals surface area contributed by atoms with E-state index in [0.717, 1.165) is 12.8 Å². The molecule has 3 nitrogen and oxygen atoms in total. The molecule has 1 aliphatic heterocycles. The molecule has 1 saturated heterocycles. The summed E-state index contributed by atoms with van der Waals surface area (Å²) in [5.41, 5.74) is 0.941. The van der Waals surface area contributed by atoms with Crippen LogP contribution in [0.1, 0.15) is 44.8 Å². The summed E-state index contributed by atoms with van der Waals surface area (Å²) in [7, 11) is 0. The van der Waals surface area contributed by atoms with Gasteiger partial charge in [0.1, 0.15) is 11.9 Å². The number of benzene rings is 1. The molecule has 1 amide bonds. The third-order valence-corrected chi connectivity index (χ3v) is 4.82. The Bertz CT molecular complexity index is 550. The molecule has 1 unspecified atom stereocenters. The van der Waals surface area contributed by atoms with Gasteiger partial charge in [-0.3, -0.25) is 4.79 Å². The fourth-order valence-electron chi connectivity index (χ4n) is 3.82. The van der Waals surface area contributed by atoms with E-state index in [2.05, 4.69) is 13.8 Å². The molecule has 2 fully saturated rings. The van der Waals surface area contributed by atoms with Gasteiger partial charge in [0, 0.05) is 18.5 Å². The average Bonchev–Trinajstić information content (AvgIpc) is 2.46. The summed E-state index contributed by atoms with van der Waals surface area (Å²) in [4.78, 5) is 14.3. The van der Waals surface area contributed by atoms with Crippen molar-refractivity contribution in [3.63, 3.8) is 0 Å². The number of halogens is 1. The highest BCUT2D eigenvalue weighted by molar-refractivity contribution is 5.76. The van der Waals surface area contributed by atoms with Crippen molar-refractivity contribution in [2.75, 3.05) is 19.7 Å². The summed E-state index contributed by atoms with van der Waals surface area (Å²) in [6, 6.07) is 6.65. The smallest absolute Gasteiger partial charge is 0.223 e. The van der Waals surface area contributed by atoms with Crippen LogP contribution in [-0.4, -0.2) is 30.5 Å². The van der Waals surface area contributed by atoms with Crippen LogP contribution in [0.5, 0.6) is 0 Å². The Morgan fingerprint density at radius 3 is 2.77 bits per heavy atom. The van der Waals surface area contributed by atoms with Crippen LogP contribution in [0.15, 0.2) is 24.3 Å². The summed E-state index contributed by atoms with van der Waals surface area (Å²) in [6.45, 7) is 6.03. The molecule has 120 valence electrons. The molecule has 4 heteroatoms. The third kappa shape index (κ3) is 3.32. The Kier molecular flexibility index (Phi) is 4.22. The minimum atomic E-state index is -0.350. The van der Waals surface area contributed by atoms with Gasteiger partial charge in [-0.25, -0.2) is 4.39 Å². The largest absolute Gasteiger partial charge is 0.370 e. The van der Waals surface area contributed by atoms with Crippen LogP contribution in [-0.2, 0) is 9.53 Å². The number of carbonyl (C=O) groups excluding carboxylic acids is 1. The summed E-state index contributed by atoms with van der Waals surface area (Å²) in [6.07, 6.45) is 2.52. The number of hydrogen-bond acceptors (Lipinski definition) is 2. The molecule has 22 heavy (non-hydrogen) atoms. The Labute approximate surface area is 131 Å². The first-order valence-electron chi connectivity index (χ1n) is 8.08. The Hall–Kier alpha value is -1.42. The molecule has 1 aromatic carbocycles. The molecule has 0 radical (unpaired) electrons. The lowest BCUT2D eigenvalue weighted by Gasteiger charge is -2.43. The van der Waals surface area contributed by atoms with Gasteiger partial charge in [-0.1, -0.05) is 32.0 Å². The SMILES string of the molecule is CC1(C)CC(CC(=O)N2CCOC(c3ccccc3F)C2)C1. The number of ether oxygens (including phenoxy) is 1. The van der Waals surface area contributed by atoms with E-state index < -0.39 is 0 Å². The van der Waals surface area contributed by atoms with Gasteiger partial charge in [-0.05, 0) is 30.2 Å². The lowest BCUT2D eigenvalue weighted by atomic mass is 9.63. The maximum Gasteiger partial charge on any atom is 0.223 e. The summed E-state index contributed by atoms with van der Waals surface area (Å²) < 4.78 is 19.5. The lowest BCUT2D eigenvalue weighted by molar-refractivity contribution is -0.141. The van der Waals surface area contributed by atoms with Gasteiger partial charge in [0.25, 0.3) is 0 Å². The molecule has 1 aromatic rings. The number of carbonyl (C=O) groups is 1. The van der Waals surface area contributed by atoms with E-state index in [1.54, 1.807) is 18.2 Å². The number of rotatable bonds is 3. The second-order valence-corrected chi connectivity index (χ2v) is 7.36. The van der Waals surface area contributed by atoms with E-state index in [4.69, 9.17) is 4.74 Å². The minimum absolute atomic E-state index is 0.185. The zero-order valence-electron chi connectivity index (χ0n) is 13.3. The second-order valence-electron chi connectivity index (χ2n) is 7.36. The number of nitrogens with zero attached hydrogens (tertiary/aromatic N) is 1. The second kappa shape index (κ2) is 5.99. The van der Waals surface area contributed by atoms with E-state index in [-0.39, 0.29) is 17.8 Å². The maximum absolute atomic E-state index is 13.9. The molecule has 1 heterocycles. The first-order chi connectivity index (χ1) is 10.4. The van der Waals surface area contributed by atoms with Gasteiger partial charge in [0.05, 0.1) is 13.2 Å². The lowest BCUT2D eigenvalue weighted by Crippen LogP contribution is -2.44. The van der Waals surface area contributed by atoms with Crippen molar-refractivity contribution in [3.8, 4) is 0 Å². The third-order valence-electron chi connectivity index (χ3n) is 4.82. The molecule has 0 aromatic heterocycles. The first kappa shape index (κ1) is 15.5. The molecular formula is C18H24FNO2. The molecular weight excluding hydrogens is 281 g/mol. The van der Waals surface area contributed by atoms with Gasteiger partial charge in [-0.15, -0.1) is 0 Å². The van der Waals surface area contributed by atoms with Crippen molar-refractivity contribution in [1.29, 1.82) is 0 Å². The highest BCUT2D eigenvalue weighted by atomic mass is 19.1. The van der Waals surface area contributed by atoms with Crippen LogP contribution >= 0.6 is 0 Å². The van der Waals surface area contributed by atoms with E-state index in [0.29, 0.717) is 43.0 Å². The van der Waals surface area contributed by atoms with Gasteiger partial charge < -0.3 is 9.64 Å². The van der Waals surface area contributed by atoms with Crippen molar-refractivity contribution >= 4 is 5.91 Å². The van der Waals surface area contributed by atoms with E-state index in [1.807, 2.05) is 4.90 Å².